The number of benzene rings is 2. The van der Waals surface area contributed by atoms with Crippen molar-refractivity contribution >= 4 is 34.1 Å². The SMILES string of the molecule is COc1ccc(N(C)C(=O)c2c(C)c3ccccc3[nH]c2=O)cc1Cl. The maximum absolute atomic E-state index is 12.9. The Hall–Kier alpha value is -2.79. The van der Waals surface area contributed by atoms with Crippen LogP contribution in [0, 0.1) is 6.92 Å². The van der Waals surface area contributed by atoms with Crippen LogP contribution in [0.5, 0.6) is 5.75 Å². The van der Waals surface area contributed by atoms with E-state index >= 15 is 0 Å². The molecule has 0 radical (unpaired) electrons. The van der Waals surface area contributed by atoms with E-state index in [-0.39, 0.29) is 5.56 Å². The normalized spacial score (nSPS) is 10.7. The molecule has 128 valence electrons. The number of nitrogens with one attached hydrogen (secondary N) is 1. The number of fused-ring (bicyclic) bond motifs is 1. The predicted molar refractivity (Wildman–Crippen MR) is 100 cm³/mol. The zero-order chi connectivity index (χ0) is 18.1. The van der Waals surface area contributed by atoms with Crippen molar-refractivity contribution in [2.45, 2.75) is 6.92 Å². The molecular weight excluding hydrogens is 340 g/mol. The third kappa shape index (κ3) is 2.98. The van der Waals surface area contributed by atoms with Gasteiger partial charge >= 0.3 is 0 Å². The molecule has 0 aliphatic carbocycles. The lowest BCUT2D eigenvalue weighted by Gasteiger charge is -2.19. The number of methoxy groups -OCH3 is 1. The fourth-order valence-corrected chi connectivity index (χ4v) is 3.07. The van der Waals surface area contributed by atoms with E-state index in [1.807, 2.05) is 24.3 Å². The highest BCUT2D eigenvalue weighted by Crippen LogP contribution is 2.29. The molecule has 1 heterocycles. The highest BCUT2D eigenvalue weighted by molar-refractivity contribution is 6.32. The Kier molecular flexibility index (Phi) is 4.51. The van der Waals surface area contributed by atoms with Crippen LogP contribution >= 0.6 is 11.6 Å². The lowest BCUT2D eigenvalue weighted by atomic mass is 10.0. The van der Waals surface area contributed by atoms with Crippen LogP contribution in [-0.4, -0.2) is 25.0 Å². The molecule has 1 aromatic heterocycles. The number of pyridine rings is 1. The minimum atomic E-state index is -0.410. The Labute approximate surface area is 149 Å². The van der Waals surface area contributed by atoms with Gasteiger partial charge in [-0.2, -0.15) is 0 Å². The van der Waals surface area contributed by atoms with Crippen molar-refractivity contribution < 1.29 is 9.53 Å². The first-order valence-corrected chi connectivity index (χ1v) is 8.05. The first-order valence-electron chi connectivity index (χ1n) is 7.67. The summed E-state index contributed by atoms with van der Waals surface area (Å²) in [6.45, 7) is 1.78. The average molecular weight is 357 g/mol. The van der Waals surface area contributed by atoms with Gasteiger partial charge in [-0.25, -0.2) is 0 Å². The van der Waals surface area contributed by atoms with Crippen LogP contribution in [0.1, 0.15) is 15.9 Å². The van der Waals surface area contributed by atoms with E-state index in [2.05, 4.69) is 4.98 Å². The molecule has 5 nitrogen and oxygen atoms in total. The van der Waals surface area contributed by atoms with Crippen LogP contribution in [0.15, 0.2) is 47.3 Å². The lowest BCUT2D eigenvalue weighted by molar-refractivity contribution is 0.0991. The summed E-state index contributed by atoms with van der Waals surface area (Å²) < 4.78 is 5.12. The second kappa shape index (κ2) is 6.61. The van der Waals surface area contributed by atoms with Gasteiger partial charge in [-0.1, -0.05) is 29.8 Å². The first kappa shape index (κ1) is 17.0. The number of para-hydroxylation sites is 1. The van der Waals surface area contributed by atoms with Crippen molar-refractivity contribution in [2.24, 2.45) is 0 Å². The third-order valence-corrected chi connectivity index (χ3v) is 4.52. The van der Waals surface area contributed by atoms with Crippen LogP contribution in [0.25, 0.3) is 10.9 Å². The number of amides is 1. The molecule has 6 heteroatoms. The van der Waals surface area contributed by atoms with E-state index in [1.54, 1.807) is 32.2 Å². The monoisotopic (exact) mass is 356 g/mol. The van der Waals surface area contributed by atoms with Gasteiger partial charge in [-0.3, -0.25) is 9.59 Å². The quantitative estimate of drug-likeness (QED) is 0.777. The lowest BCUT2D eigenvalue weighted by Crippen LogP contribution is -2.32. The number of H-pyrrole nitrogens is 1. The maximum atomic E-state index is 12.9. The van der Waals surface area contributed by atoms with Crippen molar-refractivity contribution in [3.8, 4) is 5.75 Å². The Morgan fingerprint density at radius 3 is 2.60 bits per heavy atom. The van der Waals surface area contributed by atoms with E-state index < -0.39 is 11.5 Å². The van der Waals surface area contributed by atoms with E-state index in [1.165, 1.54) is 12.0 Å². The molecule has 0 aliphatic heterocycles. The van der Waals surface area contributed by atoms with Gasteiger partial charge in [-0.05, 0) is 36.8 Å². The Morgan fingerprint density at radius 1 is 1.20 bits per heavy atom. The zero-order valence-corrected chi connectivity index (χ0v) is 14.8. The van der Waals surface area contributed by atoms with Crippen molar-refractivity contribution in [3.05, 3.63) is 69.0 Å². The van der Waals surface area contributed by atoms with Gasteiger partial charge in [0.1, 0.15) is 11.3 Å². The van der Waals surface area contributed by atoms with Crippen LogP contribution in [0.4, 0.5) is 5.69 Å². The third-order valence-electron chi connectivity index (χ3n) is 4.22. The van der Waals surface area contributed by atoms with Crippen molar-refractivity contribution in [1.82, 2.24) is 4.98 Å². The number of ether oxygens (including phenoxy) is 1. The van der Waals surface area contributed by atoms with Gasteiger partial charge in [-0.15, -0.1) is 0 Å². The number of nitrogens with zero attached hydrogens (tertiary/aromatic N) is 1. The predicted octanol–water partition coefficient (Wildman–Crippen LogP) is 3.78. The van der Waals surface area contributed by atoms with Crippen molar-refractivity contribution in [2.75, 3.05) is 19.1 Å². The number of rotatable bonds is 3. The summed E-state index contributed by atoms with van der Waals surface area (Å²) in [4.78, 5) is 29.5. The zero-order valence-electron chi connectivity index (χ0n) is 14.1. The Balaban J connectivity index is 2.07. The summed E-state index contributed by atoms with van der Waals surface area (Å²) in [5.41, 5.74) is 1.64. The van der Waals surface area contributed by atoms with Gasteiger partial charge in [0.2, 0.25) is 0 Å². The molecule has 0 unspecified atom stereocenters. The molecule has 3 aromatic rings. The molecule has 0 bridgehead atoms. The van der Waals surface area contributed by atoms with Crippen LogP contribution in [0.2, 0.25) is 5.02 Å². The molecular formula is C19H17ClN2O3. The minimum Gasteiger partial charge on any atom is -0.495 e. The molecule has 0 saturated carbocycles. The Morgan fingerprint density at radius 2 is 1.92 bits per heavy atom. The van der Waals surface area contributed by atoms with Gasteiger partial charge < -0.3 is 14.6 Å². The largest absolute Gasteiger partial charge is 0.495 e. The topological polar surface area (TPSA) is 62.4 Å². The van der Waals surface area contributed by atoms with Crippen LogP contribution < -0.4 is 15.2 Å². The molecule has 1 N–H and O–H groups in total. The number of aromatic amines is 1. The smallest absolute Gasteiger partial charge is 0.263 e. The maximum Gasteiger partial charge on any atom is 0.263 e. The van der Waals surface area contributed by atoms with Crippen molar-refractivity contribution in [3.63, 3.8) is 0 Å². The van der Waals surface area contributed by atoms with E-state index in [0.29, 0.717) is 27.5 Å². The second-order valence-electron chi connectivity index (χ2n) is 5.68. The number of hydrogen-bond donors (Lipinski definition) is 1. The molecule has 1 amide bonds. The number of anilines is 1. The summed E-state index contributed by atoms with van der Waals surface area (Å²) in [6, 6.07) is 12.4. The fourth-order valence-electron chi connectivity index (χ4n) is 2.82. The van der Waals surface area contributed by atoms with Crippen molar-refractivity contribution in [1.29, 1.82) is 0 Å². The van der Waals surface area contributed by atoms with Crippen LogP contribution in [-0.2, 0) is 0 Å². The average Bonchev–Trinajstić information content (AvgIpc) is 2.60. The molecule has 25 heavy (non-hydrogen) atoms. The van der Waals surface area contributed by atoms with Gasteiger partial charge in [0.25, 0.3) is 11.5 Å². The van der Waals surface area contributed by atoms with E-state index in [9.17, 15) is 9.59 Å². The number of halogens is 1. The summed E-state index contributed by atoms with van der Waals surface area (Å²) in [5.74, 6) is 0.122. The Bertz CT molecular complexity index is 1030. The molecule has 3 rings (SSSR count). The molecule has 0 fully saturated rings. The number of hydrogen-bond acceptors (Lipinski definition) is 3. The van der Waals surface area contributed by atoms with Gasteiger partial charge in [0.05, 0.1) is 12.1 Å². The van der Waals surface area contributed by atoms with E-state index in [4.69, 9.17) is 16.3 Å². The summed E-state index contributed by atoms with van der Waals surface area (Å²) in [6.07, 6.45) is 0. The molecule has 0 saturated heterocycles. The number of aryl methyl sites for hydroxylation is 1. The number of carbonyl (C=O) groups is 1. The van der Waals surface area contributed by atoms with Crippen LogP contribution in [0.3, 0.4) is 0 Å². The number of carbonyl (C=O) groups excluding carboxylic acids is 1. The molecule has 0 aliphatic rings. The second-order valence-corrected chi connectivity index (χ2v) is 6.09. The first-order chi connectivity index (χ1) is 11.9. The fraction of sp³-hybridized carbons (Fsp3) is 0.158. The molecule has 0 spiro atoms. The summed E-state index contributed by atoms with van der Waals surface area (Å²) in [5, 5.41) is 1.23. The summed E-state index contributed by atoms with van der Waals surface area (Å²) >= 11 is 6.13. The summed E-state index contributed by atoms with van der Waals surface area (Å²) in [7, 11) is 3.13. The van der Waals surface area contributed by atoms with Gasteiger partial charge in [0, 0.05) is 23.6 Å². The van der Waals surface area contributed by atoms with E-state index in [0.717, 1.165) is 5.39 Å². The highest BCUT2D eigenvalue weighted by atomic mass is 35.5. The van der Waals surface area contributed by atoms with Gasteiger partial charge in [0.15, 0.2) is 0 Å². The minimum absolute atomic E-state index is 0.119. The number of aromatic nitrogens is 1. The molecule has 0 atom stereocenters. The standard InChI is InChI=1S/C19H17ClN2O3/c1-11-13-6-4-5-7-15(13)21-18(23)17(11)19(24)22(2)12-8-9-16(25-3)14(20)10-12/h4-10H,1-3H3,(H,21,23). The molecule has 2 aromatic carbocycles. The highest BCUT2D eigenvalue weighted by Gasteiger charge is 2.21.